The van der Waals surface area contributed by atoms with Crippen molar-refractivity contribution in [3.63, 3.8) is 0 Å². The van der Waals surface area contributed by atoms with Crippen LogP contribution in [0.1, 0.15) is 53.9 Å². The van der Waals surface area contributed by atoms with Crippen molar-refractivity contribution in [2.45, 2.75) is 59.5 Å². The normalized spacial score (nSPS) is 16.9. The summed E-state index contributed by atoms with van der Waals surface area (Å²) in [7, 11) is 1.86. The number of ether oxygens (including phenoxy) is 1. The van der Waals surface area contributed by atoms with Gasteiger partial charge in [-0.2, -0.15) is 0 Å². The van der Waals surface area contributed by atoms with E-state index in [9.17, 15) is 0 Å². The zero-order valence-electron chi connectivity index (χ0n) is 11.3. The first-order valence-corrected chi connectivity index (χ1v) is 6.12. The van der Waals surface area contributed by atoms with Gasteiger partial charge in [0.25, 0.3) is 0 Å². The van der Waals surface area contributed by atoms with Crippen LogP contribution in [0.4, 0.5) is 0 Å². The van der Waals surface area contributed by atoms with Crippen LogP contribution < -0.4 is 0 Å². The minimum absolute atomic E-state index is 0.139. The molecule has 0 saturated heterocycles. The second-order valence-electron chi connectivity index (χ2n) is 4.45. The number of nitrogens with zero attached hydrogens (tertiary/aromatic N) is 1. The molecule has 1 atom stereocenters. The summed E-state index contributed by atoms with van der Waals surface area (Å²) in [5.41, 5.74) is 0.993. The average Bonchev–Trinajstić information content (AvgIpc) is 2.22. The topological polar surface area (TPSA) is 21.6 Å². The summed E-state index contributed by atoms with van der Waals surface area (Å²) >= 11 is 0. The predicted molar refractivity (Wildman–Crippen MR) is 67.8 cm³/mol. The van der Waals surface area contributed by atoms with Crippen LogP contribution in [0.3, 0.4) is 0 Å². The zero-order chi connectivity index (χ0) is 11.9. The van der Waals surface area contributed by atoms with E-state index >= 15 is 0 Å². The summed E-state index contributed by atoms with van der Waals surface area (Å²) in [5, 5.41) is 0. The van der Waals surface area contributed by atoms with Gasteiger partial charge in [0.15, 0.2) is 0 Å². The van der Waals surface area contributed by atoms with Gasteiger partial charge in [-0.15, -0.1) is 0 Å². The van der Waals surface area contributed by atoms with Gasteiger partial charge in [0.05, 0.1) is 0 Å². The van der Waals surface area contributed by atoms with Crippen molar-refractivity contribution in [2.75, 3.05) is 13.7 Å². The Morgan fingerprint density at radius 1 is 1.27 bits per heavy atom. The Bertz CT molecular complexity index is 199. The molecular formula is C13H27NO. The van der Waals surface area contributed by atoms with E-state index in [0.29, 0.717) is 5.92 Å². The highest BCUT2D eigenvalue weighted by Gasteiger charge is 2.36. The molecule has 0 aromatic carbocycles. The van der Waals surface area contributed by atoms with Gasteiger partial charge in [0.1, 0.15) is 5.60 Å². The summed E-state index contributed by atoms with van der Waals surface area (Å²) in [6, 6.07) is 0. The van der Waals surface area contributed by atoms with Gasteiger partial charge in [-0.05, 0) is 25.7 Å². The molecule has 0 saturated carbocycles. The Morgan fingerprint density at radius 3 is 2.20 bits per heavy atom. The fraction of sp³-hybridized carbons (Fsp3) is 0.923. The molecule has 0 fully saturated rings. The third kappa shape index (κ3) is 3.60. The first-order chi connectivity index (χ1) is 7.05. The lowest BCUT2D eigenvalue weighted by Gasteiger charge is -2.37. The van der Waals surface area contributed by atoms with Crippen LogP contribution in [0.25, 0.3) is 0 Å². The second kappa shape index (κ2) is 7.00. The monoisotopic (exact) mass is 213 g/mol. The molecule has 90 valence electrons. The molecule has 2 heteroatoms. The maximum absolute atomic E-state index is 6.10. The highest BCUT2D eigenvalue weighted by Crippen LogP contribution is 2.29. The first-order valence-electron chi connectivity index (χ1n) is 6.12. The Labute approximate surface area is 95.1 Å². The number of aliphatic imine (C=N–C) groups is 1. The molecule has 0 rings (SSSR count). The Morgan fingerprint density at radius 2 is 1.87 bits per heavy atom. The van der Waals surface area contributed by atoms with E-state index in [1.54, 1.807) is 0 Å². The van der Waals surface area contributed by atoms with Gasteiger partial charge < -0.3 is 4.74 Å². The summed E-state index contributed by atoms with van der Waals surface area (Å²) in [6.07, 6.45) is 3.26. The minimum Gasteiger partial charge on any atom is -0.369 e. The smallest absolute Gasteiger partial charge is 0.108 e. The molecule has 0 spiro atoms. The standard InChI is InChI=1S/C13H27NO/c1-7-9-13(11(3)4,12(5)14-6)15-10-8-2/h11H,7-10H2,1-6H3. The fourth-order valence-electron chi connectivity index (χ4n) is 2.08. The van der Waals surface area contributed by atoms with Crippen molar-refractivity contribution in [3.05, 3.63) is 0 Å². The van der Waals surface area contributed by atoms with Gasteiger partial charge in [0, 0.05) is 19.4 Å². The number of hydrogen-bond acceptors (Lipinski definition) is 2. The van der Waals surface area contributed by atoms with Crippen LogP contribution in [0.15, 0.2) is 4.99 Å². The molecule has 15 heavy (non-hydrogen) atoms. The molecule has 0 aliphatic heterocycles. The molecule has 0 aromatic heterocycles. The van der Waals surface area contributed by atoms with Crippen LogP contribution in [-0.2, 0) is 4.74 Å². The van der Waals surface area contributed by atoms with Crippen LogP contribution in [0.5, 0.6) is 0 Å². The van der Waals surface area contributed by atoms with Gasteiger partial charge in [-0.25, -0.2) is 0 Å². The number of rotatable bonds is 7. The molecule has 0 aliphatic rings. The highest BCUT2D eigenvalue weighted by atomic mass is 16.5. The molecule has 1 unspecified atom stereocenters. The lowest BCUT2D eigenvalue weighted by Crippen LogP contribution is -2.45. The van der Waals surface area contributed by atoms with Crippen LogP contribution in [0.2, 0.25) is 0 Å². The molecule has 2 nitrogen and oxygen atoms in total. The third-order valence-corrected chi connectivity index (χ3v) is 3.07. The van der Waals surface area contributed by atoms with Gasteiger partial charge >= 0.3 is 0 Å². The Balaban J connectivity index is 4.89. The van der Waals surface area contributed by atoms with E-state index in [-0.39, 0.29) is 5.60 Å². The van der Waals surface area contributed by atoms with Crippen LogP contribution >= 0.6 is 0 Å². The van der Waals surface area contributed by atoms with Crippen LogP contribution in [0, 0.1) is 5.92 Å². The quantitative estimate of drug-likeness (QED) is 0.591. The van der Waals surface area contributed by atoms with Crippen LogP contribution in [-0.4, -0.2) is 25.0 Å². The van der Waals surface area contributed by atoms with Crippen molar-refractivity contribution < 1.29 is 4.74 Å². The molecule has 0 bridgehead atoms. The predicted octanol–water partition coefficient (Wildman–Crippen LogP) is 3.70. The molecule has 0 aromatic rings. The van der Waals surface area contributed by atoms with E-state index in [4.69, 9.17) is 4.74 Å². The maximum Gasteiger partial charge on any atom is 0.108 e. The summed E-state index contributed by atoms with van der Waals surface area (Å²) in [6.45, 7) is 11.7. The molecule has 0 heterocycles. The van der Waals surface area contributed by atoms with E-state index in [0.717, 1.165) is 31.6 Å². The highest BCUT2D eigenvalue weighted by molar-refractivity contribution is 5.90. The van der Waals surface area contributed by atoms with E-state index < -0.39 is 0 Å². The lowest BCUT2D eigenvalue weighted by atomic mass is 9.82. The summed E-state index contributed by atoms with van der Waals surface area (Å²) < 4.78 is 6.10. The summed E-state index contributed by atoms with van der Waals surface area (Å²) in [5.74, 6) is 0.479. The largest absolute Gasteiger partial charge is 0.369 e. The van der Waals surface area contributed by atoms with E-state index in [1.807, 2.05) is 7.05 Å². The van der Waals surface area contributed by atoms with E-state index in [2.05, 4.69) is 39.6 Å². The molecule has 0 aliphatic carbocycles. The van der Waals surface area contributed by atoms with Gasteiger partial charge in [-0.3, -0.25) is 4.99 Å². The Hall–Kier alpha value is -0.370. The third-order valence-electron chi connectivity index (χ3n) is 3.07. The van der Waals surface area contributed by atoms with Crippen molar-refractivity contribution in [1.82, 2.24) is 0 Å². The van der Waals surface area contributed by atoms with Gasteiger partial charge in [0.2, 0.25) is 0 Å². The molecule has 0 radical (unpaired) electrons. The maximum atomic E-state index is 6.10. The van der Waals surface area contributed by atoms with Crippen molar-refractivity contribution in [2.24, 2.45) is 10.9 Å². The van der Waals surface area contributed by atoms with Crippen molar-refractivity contribution >= 4 is 5.71 Å². The zero-order valence-corrected chi connectivity index (χ0v) is 11.3. The number of hydrogen-bond donors (Lipinski definition) is 0. The van der Waals surface area contributed by atoms with Crippen molar-refractivity contribution in [3.8, 4) is 0 Å². The second-order valence-corrected chi connectivity index (χ2v) is 4.45. The Kier molecular flexibility index (Phi) is 6.82. The average molecular weight is 213 g/mol. The lowest BCUT2D eigenvalue weighted by molar-refractivity contribution is -0.0316. The SMILES string of the molecule is CCCOC(CCC)(C(C)=NC)C(C)C. The van der Waals surface area contributed by atoms with E-state index in [1.165, 1.54) is 0 Å². The first kappa shape index (κ1) is 14.6. The molecule has 0 N–H and O–H groups in total. The molecule has 0 amide bonds. The van der Waals surface area contributed by atoms with Crippen molar-refractivity contribution in [1.29, 1.82) is 0 Å². The van der Waals surface area contributed by atoms with Gasteiger partial charge in [-0.1, -0.05) is 34.1 Å². The summed E-state index contributed by atoms with van der Waals surface area (Å²) in [4.78, 5) is 4.35. The fourth-order valence-corrected chi connectivity index (χ4v) is 2.08. The molecular weight excluding hydrogens is 186 g/mol. The minimum atomic E-state index is -0.139.